The minimum Gasteiger partial charge on any atom is -0.316 e. The summed E-state index contributed by atoms with van der Waals surface area (Å²) < 4.78 is 0. The van der Waals surface area contributed by atoms with Crippen molar-refractivity contribution in [2.75, 3.05) is 26.2 Å². The summed E-state index contributed by atoms with van der Waals surface area (Å²) in [7, 11) is 0. The molecule has 1 aromatic rings. The predicted molar refractivity (Wildman–Crippen MR) is 73.8 cm³/mol. The van der Waals surface area contributed by atoms with E-state index in [4.69, 9.17) is 0 Å². The maximum atomic E-state index is 4.55. The largest absolute Gasteiger partial charge is 0.316 e. The van der Waals surface area contributed by atoms with Crippen LogP contribution in [0.4, 0.5) is 0 Å². The molecule has 0 aliphatic carbocycles. The quantitative estimate of drug-likeness (QED) is 0.892. The molecule has 2 aliphatic heterocycles. The molecule has 0 radical (unpaired) electrons. The van der Waals surface area contributed by atoms with Crippen LogP contribution in [0.3, 0.4) is 0 Å². The molecule has 5 heteroatoms. The van der Waals surface area contributed by atoms with Gasteiger partial charge in [0.05, 0.1) is 6.54 Å². The number of halogens is 1. The fourth-order valence-corrected chi connectivity index (χ4v) is 3.73. The molecule has 17 heavy (non-hydrogen) atoms. The number of nitrogens with one attached hydrogen (secondary N) is 1. The molecule has 96 valence electrons. The Morgan fingerprint density at radius 1 is 1.47 bits per heavy atom. The summed E-state index contributed by atoms with van der Waals surface area (Å²) in [6.45, 7) is 8.11. The van der Waals surface area contributed by atoms with Gasteiger partial charge in [-0.3, -0.25) is 4.90 Å². The minimum absolute atomic E-state index is 0. The topological polar surface area (TPSA) is 28.2 Å². The zero-order valence-corrected chi connectivity index (χ0v) is 11.8. The molecule has 3 heterocycles. The summed E-state index contributed by atoms with van der Waals surface area (Å²) >= 11 is 1.80. The molecule has 2 unspecified atom stereocenters. The van der Waals surface area contributed by atoms with E-state index in [0.717, 1.165) is 24.1 Å². The van der Waals surface area contributed by atoms with E-state index in [9.17, 15) is 0 Å². The molecule has 0 amide bonds. The van der Waals surface area contributed by atoms with Gasteiger partial charge in [0.25, 0.3) is 0 Å². The van der Waals surface area contributed by atoms with Crippen LogP contribution < -0.4 is 5.32 Å². The Balaban J connectivity index is 0.00000108. The van der Waals surface area contributed by atoms with E-state index in [1.807, 2.05) is 0 Å². The van der Waals surface area contributed by atoms with Crippen LogP contribution in [0.1, 0.15) is 17.1 Å². The number of hydrogen-bond donors (Lipinski definition) is 1. The van der Waals surface area contributed by atoms with Crippen LogP contribution in [0, 0.1) is 18.8 Å². The normalized spacial score (nSPS) is 28.8. The third-order valence-corrected chi connectivity index (χ3v) is 4.77. The molecule has 0 saturated carbocycles. The van der Waals surface area contributed by atoms with Crippen LogP contribution >= 0.6 is 23.7 Å². The van der Waals surface area contributed by atoms with Crippen molar-refractivity contribution >= 4 is 23.7 Å². The first-order chi connectivity index (χ1) is 7.81. The van der Waals surface area contributed by atoms with Gasteiger partial charge in [-0.1, -0.05) is 0 Å². The Labute approximate surface area is 113 Å². The van der Waals surface area contributed by atoms with Crippen LogP contribution in [-0.2, 0) is 6.54 Å². The number of nitrogens with zero attached hydrogens (tertiary/aromatic N) is 2. The number of aryl methyl sites for hydroxylation is 1. The highest BCUT2D eigenvalue weighted by Crippen LogP contribution is 2.27. The zero-order valence-electron chi connectivity index (χ0n) is 10.2. The van der Waals surface area contributed by atoms with Crippen molar-refractivity contribution in [1.29, 1.82) is 0 Å². The smallest absolute Gasteiger partial charge is 0.107 e. The highest BCUT2D eigenvalue weighted by molar-refractivity contribution is 7.09. The van der Waals surface area contributed by atoms with Gasteiger partial charge in [0.15, 0.2) is 0 Å². The maximum Gasteiger partial charge on any atom is 0.107 e. The van der Waals surface area contributed by atoms with Crippen LogP contribution in [0.25, 0.3) is 0 Å². The number of aromatic nitrogens is 1. The molecule has 3 rings (SSSR count). The summed E-state index contributed by atoms with van der Waals surface area (Å²) in [5.74, 6) is 1.82. The van der Waals surface area contributed by atoms with Crippen LogP contribution in [0.15, 0.2) is 5.38 Å². The molecular formula is C12H20ClN3S. The van der Waals surface area contributed by atoms with E-state index >= 15 is 0 Å². The van der Waals surface area contributed by atoms with Crippen LogP contribution in [0.5, 0.6) is 0 Å². The van der Waals surface area contributed by atoms with Gasteiger partial charge in [0, 0.05) is 17.6 Å². The minimum atomic E-state index is 0. The number of likely N-dealkylation sites (tertiary alicyclic amines) is 1. The third-order valence-electron chi connectivity index (χ3n) is 3.81. The van der Waals surface area contributed by atoms with Crippen LogP contribution in [0.2, 0.25) is 0 Å². The molecule has 0 aromatic carbocycles. The highest BCUT2D eigenvalue weighted by atomic mass is 35.5. The molecule has 0 spiro atoms. The fraction of sp³-hybridized carbons (Fsp3) is 0.750. The summed E-state index contributed by atoms with van der Waals surface area (Å²) in [4.78, 5) is 7.13. The van der Waals surface area contributed by atoms with Crippen molar-refractivity contribution in [3.05, 3.63) is 16.1 Å². The van der Waals surface area contributed by atoms with Crippen molar-refractivity contribution in [2.45, 2.75) is 19.9 Å². The molecule has 2 fully saturated rings. The van der Waals surface area contributed by atoms with Gasteiger partial charge < -0.3 is 5.32 Å². The first-order valence-corrected chi connectivity index (χ1v) is 7.03. The summed E-state index contributed by atoms with van der Waals surface area (Å²) in [6, 6.07) is 0. The summed E-state index contributed by atoms with van der Waals surface area (Å²) in [5, 5.41) is 6.94. The van der Waals surface area contributed by atoms with Gasteiger partial charge in [-0.25, -0.2) is 4.98 Å². The van der Waals surface area contributed by atoms with Crippen LogP contribution in [-0.4, -0.2) is 36.1 Å². The van der Waals surface area contributed by atoms with Gasteiger partial charge in [-0.15, -0.1) is 23.7 Å². The number of fused-ring (bicyclic) bond motifs is 1. The van der Waals surface area contributed by atoms with E-state index in [2.05, 4.69) is 27.5 Å². The van der Waals surface area contributed by atoms with E-state index in [1.54, 1.807) is 11.3 Å². The average molecular weight is 274 g/mol. The van der Waals surface area contributed by atoms with Crippen molar-refractivity contribution in [1.82, 2.24) is 15.2 Å². The van der Waals surface area contributed by atoms with E-state index in [1.165, 1.54) is 37.6 Å². The lowest BCUT2D eigenvalue weighted by molar-refractivity contribution is 0.142. The standard InChI is InChI=1S/C12H19N3S.ClH/c1-9-8-16-12(14-9)7-15-3-2-10-4-13-5-11(10)6-15;/h8,10-11,13H,2-7H2,1H3;1H. The van der Waals surface area contributed by atoms with E-state index < -0.39 is 0 Å². The summed E-state index contributed by atoms with van der Waals surface area (Å²) in [6.07, 6.45) is 1.36. The van der Waals surface area contributed by atoms with Gasteiger partial charge in [-0.05, 0) is 44.8 Å². The lowest BCUT2D eigenvalue weighted by Gasteiger charge is -2.33. The Hall–Kier alpha value is -0.160. The number of rotatable bonds is 2. The molecule has 2 aliphatic rings. The highest BCUT2D eigenvalue weighted by Gasteiger charge is 2.32. The van der Waals surface area contributed by atoms with Gasteiger partial charge in [0.2, 0.25) is 0 Å². The monoisotopic (exact) mass is 273 g/mol. The lowest BCUT2D eigenvalue weighted by atomic mass is 9.89. The van der Waals surface area contributed by atoms with E-state index in [0.29, 0.717) is 0 Å². The average Bonchev–Trinajstić information content (AvgIpc) is 2.87. The van der Waals surface area contributed by atoms with Gasteiger partial charge in [-0.2, -0.15) is 0 Å². The maximum absolute atomic E-state index is 4.55. The molecule has 3 nitrogen and oxygen atoms in total. The Morgan fingerprint density at radius 2 is 2.29 bits per heavy atom. The van der Waals surface area contributed by atoms with Crippen molar-refractivity contribution in [2.24, 2.45) is 11.8 Å². The third kappa shape index (κ3) is 2.99. The predicted octanol–water partition coefficient (Wildman–Crippen LogP) is 1.91. The number of hydrogen-bond acceptors (Lipinski definition) is 4. The van der Waals surface area contributed by atoms with E-state index in [-0.39, 0.29) is 12.4 Å². The van der Waals surface area contributed by atoms with Crippen molar-refractivity contribution < 1.29 is 0 Å². The second kappa shape index (κ2) is 5.65. The fourth-order valence-electron chi connectivity index (χ4n) is 2.92. The first kappa shape index (κ1) is 13.3. The van der Waals surface area contributed by atoms with Gasteiger partial charge in [0.1, 0.15) is 5.01 Å². The second-order valence-corrected chi connectivity index (χ2v) is 6.03. The number of piperidine rings is 1. The molecule has 0 bridgehead atoms. The Morgan fingerprint density at radius 3 is 3.06 bits per heavy atom. The Bertz CT molecular complexity index is 368. The molecule has 1 aromatic heterocycles. The Kier molecular flexibility index (Phi) is 4.42. The lowest BCUT2D eigenvalue weighted by Crippen LogP contribution is -2.39. The molecule has 2 saturated heterocycles. The first-order valence-electron chi connectivity index (χ1n) is 6.15. The number of thiazole rings is 1. The second-order valence-electron chi connectivity index (χ2n) is 5.08. The molecule has 1 N–H and O–H groups in total. The van der Waals surface area contributed by atoms with Gasteiger partial charge >= 0.3 is 0 Å². The van der Waals surface area contributed by atoms with Crippen molar-refractivity contribution in [3.63, 3.8) is 0 Å². The SMILES string of the molecule is Cc1csc(CN2CCC3CNCC3C2)n1.Cl. The molecule has 2 atom stereocenters. The zero-order chi connectivity index (χ0) is 11.0. The summed E-state index contributed by atoms with van der Waals surface area (Å²) in [5.41, 5.74) is 1.16. The molecular weight excluding hydrogens is 254 g/mol. The van der Waals surface area contributed by atoms with Crippen molar-refractivity contribution in [3.8, 4) is 0 Å².